The monoisotopic (exact) mass is 233 g/mol. The van der Waals surface area contributed by atoms with Crippen molar-refractivity contribution in [1.29, 1.82) is 0 Å². The van der Waals surface area contributed by atoms with Crippen LogP contribution in [0.3, 0.4) is 0 Å². The van der Waals surface area contributed by atoms with Gasteiger partial charge in [0.05, 0.1) is 0 Å². The molecule has 1 rings (SSSR count). The number of rotatable bonds is 4. The highest BCUT2D eigenvalue weighted by atomic mass is 16.2. The zero-order valence-corrected chi connectivity index (χ0v) is 11.6. The molecule has 1 aromatic carbocycles. The van der Waals surface area contributed by atoms with E-state index in [4.69, 9.17) is 0 Å². The number of benzene rings is 1. The first-order valence-corrected chi connectivity index (χ1v) is 6.39. The van der Waals surface area contributed by atoms with Gasteiger partial charge < -0.3 is 4.90 Å². The molecule has 1 amide bonds. The lowest BCUT2D eigenvalue weighted by Gasteiger charge is -2.26. The summed E-state index contributed by atoms with van der Waals surface area (Å²) in [5.41, 5.74) is 3.45. The number of hydrogen-bond acceptors (Lipinski definition) is 1. The summed E-state index contributed by atoms with van der Waals surface area (Å²) >= 11 is 0. The molecule has 1 atom stereocenters. The molecule has 0 saturated carbocycles. The van der Waals surface area contributed by atoms with Gasteiger partial charge in [0.1, 0.15) is 0 Å². The topological polar surface area (TPSA) is 20.3 Å². The van der Waals surface area contributed by atoms with Crippen LogP contribution in [0, 0.1) is 19.8 Å². The van der Waals surface area contributed by atoms with Gasteiger partial charge >= 0.3 is 0 Å². The van der Waals surface area contributed by atoms with Gasteiger partial charge in [0.15, 0.2) is 0 Å². The highest BCUT2D eigenvalue weighted by Crippen LogP contribution is 2.23. The molecule has 0 aliphatic carbocycles. The third-order valence-electron chi connectivity index (χ3n) is 3.26. The Kier molecular flexibility index (Phi) is 4.73. The van der Waals surface area contributed by atoms with Crippen molar-refractivity contribution < 1.29 is 4.79 Å². The third kappa shape index (κ3) is 3.09. The van der Waals surface area contributed by atoms with Gasteiger partial charge in [0.25, 0.3) is 0 Å². The molecular weight excluding hydrogens is 210 g/mol. The van der Waals surface area contributed by atoms with Gasteiger partial charge in [-0.15, -0.1) is 0 Å². The maximum Gasteiger partial charge on any atom is 0.229 e. The van der Waals surface area contributed by atoms with E-state index in [0.29, 0.717) is 0 Å². The van der Waals surface area contributed by atoms with Crippen molar-refractivity contribution in [1.82, 2.24) is 0 Å². The second-order valence-corrected chi connectivity index (χ2v) is 4.68. The molecule has 94 valence electrons. The first-order chi connectivity index (χ1) is 8.01. The maximum absolute atomic E-state index is 12.3. The van der Waals surface area contributed by atoms with Crippen molar-refractivity contribution in [3.05, 3.63) is 29.3 Å². The number of hydrogen-bond donors (Lipinski definition) is 0. The first kappa shape index (κ1) is 13.8. The summed E-state index contributed by atoms with van der Waals surface area (Å²) in [6, 6.07) is 6.24. The molecular formula is C15H23NO. The summed E-state index contributed by atoms with van der Waals surface area (Å²) in [4.78, 5) is 14.2. The number of aryl methyl sites for hydroxylation is 2. The van der Waals surface area contributed by atoms with Crippen molar-refractivity contribution in [3.63, 3.8) is 0 Å². The van der Waals surface area contributed by atoms with Crippen molar-refractivity contribution in [2.75, 3.05) is 11.4 Å². The second kappa shape index (κ2) is 5.85. The fraction of sp³-hybridized carbons (Fsp3) is 0.533. The summed E-state index contributed by atoms with van der Waals surface area (Å²) in [5, 5.41) is 0. The molecule has 0 aliphatic rings. The molecule has 0 heterocycles. The highest BCUT2D eigenvalue weighted by Gasteiger charge is 2.20. The van der Waals surface area contributed by atoms with E-state index in [1.807, 2.05) is 18.7 Å². The van der Waals surface area contributed by atoms with Crippen LogP contribution in [0.1, 0.15) is 38.3 Å². The lowest BCUT2D eigenvalue weighted by molar-refractivity contribution is -0.121. The molecule has 0 N–H and O–H groups in total. The lowest BCUT2D eigenvalue weighted by atomic mass is 10.0. The molecule has 0 bridgehead atoms. The summed E-state index contributed by atoms with van der Waals surface area (Å²) in [6.45, 7) is 10.9. The van der Waals surface area contributed by atoms with Crippen LogP contribution in [-0.4, -0.2) is 12.5 Å². The zero-order valence-electron chi connectivity index (χ0n) is 11.6. The van der Waals surface area contributed by atoms with Crippen LogP contribution in [0.25, 0.3) is 0 Å². The Morgan fingerprint density at radius 2 is 1.94 bits per heavy atom. The van der Waals surface area contributed by atoms with E-state index >= 15 is 0 Å². The van der Waals surface area contributed by atoms with Crippen molar-refractivity contribution in [2.45, 2.75) is 41.0 Å². The Labute approximate surface area is 105 Å². The van der Waals surface area contributed by atoms with Gasteiger partial charge in [-0.25, -0.2) is 0 Å². The van der Waals surface area contributed by atoms with E-state index in [1.165, 1.54) is 11.1 Å². The SMILES string of the molecule is CCC(C)C(=O)N(CC)c1ccc(C)cc1C. The maximum atomic E-state index is 12.3. The molecule has 0 spiro atoms. The van der Waals surface area contributed by atoms with E-state index in [1.54, 1.807) is 0 Å². The molecule has 0 radical (unpaired) electrons. The minimum atomic E-state index is 0.0932. The third-order valence-corrected chi connectivity index (χ3v) is 3.26. The van der Waals surface area contributed by atoms with Crippen molar-refractivity contribution in [2.24, 2.45) is 5.92 Å². The largest absolute Gasteiger partial charge is 0.312 e. The van der Waals surface area contributed by atoms with Crippen LogP contribution in [0.2, 0.25) is 0 Å². The normalized spacial score (nSPS) is 12.3. The van der Waals surface area contributed by atoms with Gasteiger partial charge in [-0.3, -0.25) is 4.79 Å². The standard InChI is InChI=1S/C15H23NO/c1-6-12(4)15(17)16(7-2)14-9-8-11(3)10-13(14)5/h8-10,12H,6-7H2,1-5H3. The first-order valence-electron chi connectivity index (χ1n) is 6.39. The van der Waals surface area contributed by atoms with E-state index < -0.39 is 0 Å². The van der Waals surface area contributed by atoms with E-state index in [0.717, 1.165) is 18.7 Å². The number of carbonyl (C=O) groups excluding carboxylic acids is 1. The van der Waals surface area contributed by atoms with Gasteiger partial charge in [-0.05, 0) is 38.8 Å². The van der Waals surface area contributed by atoms with Crippen LogP contribution in [0.4, 0.5) is 5.69 Å². The quantitative estimate of drug-likeness (QED) is 0.776. The van der Waals surface area contributed by atoms with Gasteiger partial charge in [-0.1, -0.05) is 31.5 Å². The van der Waals surface area contributed by atoms with Crippen LogP contribution in [0.5, 0.6) is 0 Å². The molecule has 0 aromatic heterocycles. The smallest absolute Gasteiger partial charge is 0.229 e. The Bertz CT molecular complexity index is 398. The average Bonchev–Trinajstić information content (AvgIpc) is 2.31. The average molecular weight is 233 g/mol. The number of nitrogens with zero attached hydrogens (tertiary/aromatic N) is 1. The van der Waals surface area contributed by atoms with Crippen molar-refractivity contribution >= 4 is 11.6 Å². The number of carbonyl (C=O) groups is 1. The van der Waals surface area contributed by atoms with Gasteiger partial charge in [-0.2, -0.15) is 0 Å². The second-order valence-electron chi connectivity index (χ2n) is 4.68. The van der Waals surface area contributed by atoms with Gasteiger partial charge in [0.2, 0.25) is 5.91 Å². The minimum Gasteiger partial charge on any atom is -0.312 e. The number of amides is 1. The molecule has 1 aromatic rings. The fourth-order valence-corrected chi connectivity index (χ4v) is 1.99. The fourth-order valence-electron chi connectivity index (χ4n) is 1.99. The summed E-state index contributed by atoms with van der Waals surface area (Å²) < 4.78 is 0. The minimum absolute atomic E-state index is 0.0932. The summed E-state index contributed by atoms with van der Waals surface area (Å²) in [5.74, 6) is 0.317. The Morgan fingerprint density at radius 1 is 1.29 bits per heavy atom. The summed E-state index contributed by atoms with van der Waals surface area (Å²) in [7, 11) is 0. The van der Waals surface area contributed by atoms with Crippen LogP contribution < -0.4 is 4.90 Å². The predicted molar refractivity (Wildman–Crippen MR) is 73.4 cm³/mol. The molecule has 0 saturated heterocycles. The van der Waals surface area contributed by atoms with Gasteiger partial charge in [0, 0.05) is 18.2 Å². The molecule has 0 aliphatic heterocycles. The zero-order chi connectivity index (χ0) is 13.0. The molecule has 17 heavy (non-hydrogen) atoms. The molecule has 2 nitrogen and oxygen atoms in total. The number of anilines is 1. The molecule has 1 unspecified atom stereocenters. The van der Waals surface area contributed by atoms with Crippen LogP contribution >= 0.6 is 0 Å². The van der Waals surface area contributed by atoms with E-state index in [9.17, 15) is 4.79 Å². The predicted octanol–water partition coefficient (Wildman–Crippen LogP) is 3.70. The summed E-state index contributed by atoms with van der Waals surface area (Å²) in [6.07, 6.45) is 0.889. The Hall–Kier alpha value is -1.31. The van der Waals surface area contributed by atoms with Crippen LogP contribution in [-0.2, 0) is 4.79 Å². The van der Waals surface area contributed by atoms with Crippen molar-refractivity contribution in [3.8, 4) is 0 Å². The highest BCUT2D eigenvalue weighted by molar-refractivity contribution is 5.95. The Morgan fingerprint density at radius 3 is 2.41 bits per heavy atom. The Balaban J connectivity index is 3.05. The molecule has 0 fully saturated rings. The van der Waals surface area contributed by atoms with Crippen LogP contribution in [0.15, 0.2) is 18.2 Å². The molecule has 2 heteroatoms. The van der Waals surface area contributed by atoms with E-state index in [2.05, 4.69) is 39.0 Å². The lowest BCUT2D eigenvalue weighted by Crippen LogP contribution is -2.35. The van der Waals surface area contributed by atoms with E-state index in [-0.39, 0.29) is 11.8 Å².